The molecule has 0 heterocycles. The van der Waals surface area contributed by atoms with Crippen LogP contribution in [0, 0.1) is 0 Å². The third-order valence-electron chi connectivity index (χ3n) is 2.69. The first-order chi connectivity index (χ1) is 9.69. The minimum Gasteiger partial charge on any atom is -0.492 e. The van der Waals surface area contributed by atoms with Crippen molar-refractivity contribution in [1.82, 2.24) is 10.6 Å². The van der Waals surface area contributed by atoms with Gasteiger partial charge in [-0.3, -0.25) is 0 Å². The maximum absolute atomic E-state index is 8.63. The number of aliphatic hydroxyl groups excluding tert-OH is 1. The van der Waals surface area contributed by atoms with Crippen LogP contribution < -0.4 is 15.4 Å². The van der Waals surface area contributed by atoms with Gasteiger partial charge in [0.25, 0.3) is 0 Å². The molecule has 0 unspecified atom stereocenters. The summed E-state index contributed by atoms with van der Waals surface area (Å²) in [7, 11) is 0. The lowest BCUT2D eigenvalue weighted by Crippen LogP contribution is -2.24. The molecule has 0 atom stereocenters. The standard InChI is InChI=1S/C14H22Cl2N2O2/c1-2-20-14-11(8-12(15)9-13(14)16)10-18-5-3-4-17-6-7-19/h8-9,17-19H,2-7,10H2,1H3. The Morgan fingerprint density at radius 3 is 2.60 bits per heavy atom. The SMILES string of the molecule is CCOc1c(Cl)cc(Cl)cc1CNCCCNCCO. The van der Waals surface area contributed by atoms with E-state index in [-0.39, 0.29) is 6.61 Å². The van der Waals surface area contributed by atoms with Crippen molar-refractivity contribution in [2.45, 2.75) is 19.9 Å². The van der Waals surface area contributed by atoms with E-state index < -0.39 is 0 Å². The smallest absolute Gasteiger partial charge is 0.142 e. The molecule has 0 amide bonds. The van der Waals surface area contributed by atoms with Gasteiger partial charge in [-0.05, 0) is 38.6 Å². The van der Waals surface area contributed by atoms with Gasteiger partial charge >= 0.3 is 0 Å². The van der Waals surface area contributed by atoms with Crippen LogP contribution in [0.15, 0.2) is 12.1 Å². The summed E-state index contributed by atoms with van der Waals surface area (Å²) in [5.41, 5.74) is 0.965. The summed E-state index contributed by atoms with van der Waals surface area (Å²) >= 11 is 12.2. The highest BCUT2D eigenvalue weighted by Gasteiger charge is 2.10. The summed E-state index contributed by atoms with van der Waals surface area (Å²) in [5.74, 6) is 0.699. The Balaban J connectivity index is 2.42. The maximum atomic E-state index is 8.63. The first-order valence-electron chi connectivity index (χ1n) is 6.82. The van der Waals surface area contributed by atoms with Gasteiger partial charge in [-0.1, -0.05) is 23.2 Å². The average Bonchev–Trinajstić information content (AvgIpc) is 2.41. The lowest BCUT2D eigenvalue weighted by molar-refractivity contribution is 0.292. The molecular weight excluding hydrogens is 299 g/mol. The van der Waals surface area contributed by atoms with Crippen LogP contribution in [-0.2, 0) is 6.54 Å². The molecule has 20 heavy (non-hydrogen) atoms. The molecule has 0 aliphatic rings. The average molecular weight is 321 g/mol. The first-order valence-corrected chi connectivity index (χ1v) is 7.57. The van der Waals surface area contributed by atoms with Crippen molar-refractivity contribution < 1.29 is 9.84 Å². The molecule has 0 radical (unpaired) electrons. The normalized spacial score (nSPS) is 10.8. The lowest BCUT2D eigenvalue weighted by Gasteiger charge is -2.13. The van der Waals surface area contributed by atoms with Gasteiger partial charge in [-0.25, -0.2) is 0 Å². The van der Waals surface area contributed by atoms with Crippen LogP contribution >= 0.6 is 23.2 Å². The summed E-state index contributed by atoms with van der Waals surface area (Å²) in [6, 6.07) is 3.56. The molecule has 1 aromatic carbocycles. The van der Waals surface area contributed by atoms with Crippen molar-refractivity contribution in [2.24, 2.45) is 0 Å². The number of hydrogen-bond donors (Lipinski definition) is 3. The van der Waals surface area contributed by atoms with Crippen molar-refractivity contribution >= 4 is 23.2 Å². The van der Waals surface area contributed by atoms with Gasteiger partial charge in [-0.2, -0.15) is 0 Å². The minimum atomic E-state index is 0.173. The molecule has 3 N–H and O–H groups in total. The molecule has 4 nitrogen and oxygen atoms in total. The predicted molar refractivity (Wildman–Crippen MR) is 83.9 cm³/mol. The van der Waals surface area contributed by atoms with Crippen molar-refractivity contribution in [2.75, 3.05) is 32.8 Å². The molecular formula is C14H22Cl2N2O2. The predicted octanol–water partition coefficient (Wildman–Crippen LogP) is 2.45. The van der Waals surface area contributed by atoms with Crippen LogP contribution in [0.3, 0.4) is 0 Å². The van der Waals surface area contributed by atoms with E-state index in [4.69, 9.17) is 33.0 Å². The summed E-state index contributed by atoms with van der Waals surface area (Å²) in [6.45, 7) is 5.71. The molecule has 0 aliphatic carbocycles. The number of aliphatic hydroxyl groups is 1. The van der Waals surface area contributed by atoms with E-state index in [0.717, 1.165) is 25.1 Å². The Hall–Kier alpha value is -0.520. The number of ether oxygens (including phenoxy) is 1. The first kappa shape index (κ1) is 17.5. The number of benzene rings is 1. The fraction of sp³-hybridized carbons (Fsp3) is 0.571. The van der Waals surface area contributed by atoms with Crippen LogP contribution in [-0.4, -0.2) is 38.0 Å². The quantitative estimate of drug-likeness (QED) is 0.580. The largest absolute Gasteiger partial charge is 0.492 e. The second-order valence-electron chi connectivity index (χ2n) is 4.31. The molecule has 1 rings (SSSR count). The fourth-order valence-corrected chi connectivity index (χ4v) is 2.41. The Bertz CT molecular complexity index is 403. The van der Waals surface area contributed by atoms with Gasteiger partial charge in [0.05, 0.1) is 18.2 Å². The molecule has 0 aromatic heterocycles. The Morgan fingerprint density at radius 2 is 1.90 bits per heavy atom. The number of nitrogens with one attached hydrogen (secondary N) is 2. The van der Waals surface area contributed by atoms with E-state index in [0.29, 0.717) is 35.5 Å². The highest BCUT2D eigenvalue weighted by molar-refractivity contribution is 6.35. The zero-order chi connectivity index (χ0) is 14.8. The second-order valence-corrected chi connectivity index (χ2v) is 5.16. The van der Waals surface area contributed by atoms with Gasteiger partial charge in [0.1, 0.15) is 5.75 Å². The molecule has 0 saturated carbocycles. The highest BCUT2D eigenvalue weighted by Crippen LogP contribution is 2.32. The zero-order valence-corrected chi connectivity index (χ0v) is 13.2. The zero-order valence-electron chi connectivity index (χ0n) is 11.7. The molecule has 0 aliphatic heterocycles. The van der Waals surface area contributed by atoms with Crippen LogP contribution in [0.4, 0.5) is 0 Å². The van der Waals surface area contributed by atoms with E-state index in [1.54, 1.807) is 6.07 Å². The number of hydrogen-bond acceptors (Lipinski definition) is 4. The molecule has 6 heteroatoms. The van der Waals surface area contributed by atoms with Crippen molar-refractivity contribution in [1.29, 1.82) is 0 Å². The molecule has 0 fully saturated rings. The van der Waals surface area contributed by atoms with Gasteiger partial charge in [0.15, 0.2) is 0 Å². The molecule has 114 valence electrons. The Labute approximate surface area is 130 Å². The monoisotopic (exact) mass is 320 g/mol. The fourth-order valence-electron chi connectivity index (χ4n) is 1.82. The Morgan fingerprint density at radius 1 is 1.15 bits per heavy atom. The third kappa shape index (κ3) is 6.29. The van der Waals surface area contributed by atoms with E-state index in [1.807, 2.05) is 13.0 Å². The van der Waals surface area contributed by atoms with Crippen LogP contribution in [0.1, 0.15) is 18.9 Å². The van der Waals surface area contributed by atoms with Gasteiger partial charge in [0.2, 0.25) is 0 Å². The topological polar surface area (TPSA) is 53.5 Å². The van der Waals surface area contributed by atoms with Gasteiger partial charge in [-0.15, -0.1) is 0 Å². The lowest BCUT2D eigenvalue weighted by atomic mass is 10.2. The van der Waals surface area contributed by atoms with Crippen LogP contribution in [0.5, 0.6) is 5.75 Å². The van der Waals surface area contributed by atoms with E-state index in [9.17, 15) is 0 Å². The van der Waals surface area contributed by atoms with E-state index in [1.165, 1.54) is 0 Å². The minimum absolute atomic E-state index is 0.173. The number of rotatable bonds is 10. The number of halogens is 2. The van der Waals surface area contributed by atoms with Crippen LogP contribution in [0.25, 0.3) is 0 Å². The van der Waals surface area contributed by atoms with E-state index in [2.05, 4.69) is 10.6 Å². The summed E-state index contributed by atoms with van der Waals surface area (Å²) < 4.78 is 5.56. The summed E-state index contributed by atoms with van der Waals surface area (Å²) in [5, 5.41) is 16.2. The third-order valence-corrected chi connectivity index (χ3v) is 3.18. The molecule has 0 spiro atoms. The van der Waals surface area contributed by atoms with Gasteiger partial charge < -0.3 is 20.5 Å². The highest BCUT2D eigenvalue weighted by atomic mass is 35.5. The summed E-state index contributed by atoms with van der Waals surface area (Å²) in [6.07, 6.45) is 0.984. The Kier molecular flexibility index (Phi) is 8.98. The second kappa shape index (κ2) is 10.2. The van der Waals surface area contributed by atoms with Crippen LogP contribution in [0.2, 0.25) is 10.0 Å². The van der Waals surface area contributed by atoms with Gasteiger partial charge in [0, 0.05) is 23.7 Å². The van der Waals surface area contributed by atoms with Crippen molar-refractivity contribution in [3.63, 3.8) is 0 Å². The molecule has 0 bridgehead atoms. The van der Waals surface area contributed by atoms with Crippen molar-refractivity contribution in [3.05, 3.63) is 27.7 Å². The van der Waals surface area contributed by atoms with Crippen molar-refractivity contribution in [3.8, 4) is 5.75 Å². The molecule has 1 aromatic rings. The maximum Gasteiger partial charge on any atom is 0.142 e. The molecule has 0 saturated heterocycles. The van der Waals surface area contributed by atoms with E-state index >= 15 is 0 Å². The summed E-state index contributed by atoms with van der Waals surface area (Å²) in [4.78, 5) is 0.